The van der Waals surface area contributed by atoms with Crippen molar-refractivity contribution < 1.29 is 4.74 Å². The van der Waals surface area contributed by atoms with E-state index in [4.69, 9.17) is 16.3 Å². The molecule has 0 radical (unpaired) electrons. The van der Waals surface area contributed by atoms with Gasteiger partial charge in [-0.25, -0.2) is 0 Å². The van der Waals surface area contributed by atoms with Crippen molar-refractivity contribution in [3.8, 4) is 0 Å². The molecule has 0 aliphatic carbocycles. The molecule has 0 aromatic heterocycles. The average Bonchev–Trinajstić information content (AvgIpc) is 1.27. The second-order valence-corrected chi connectivity index (χ2v) is 2.34. The summed E-state index contributed by atoms with van der Waals surface area (Å²) in [6.07, 6.45) is 0.243. The molecule has 0 heterocycles. The van der Waals surface area contributed by atoms with Crippen LogP contribution in [-0.2, 0) is 4.74 Å². The molecule has 0 fully saturated rings. The minimum atomic E-state index is -0.153. The first-order chi connectivity index (χ1) is 3.13. The van der Waals surface area contributed by atoms with Crippen molar-refractivity contribution in [3.63, 3.8) is 0 Å². The van der Waals surface area contributed by atoms with Crippen LogP contribution in [0.2, 0.25) is 0 Å². The molecule has 0 aromatic carbocycles. The summed E-state index contributed by atoms with van der Waals surface area (Å²) in [5.41, 5.74) is -0.153. The van der Waals surface area contributed by atoms with Gasteiger partial charge in [-0.3, -0.25) is 0 Å². The number of alkyl halides is 1. The first-order valence-electron chi connectivity index (χ1n) is 2.42. The quantitative estimate of drug-likeness (QED) is 0.509. The lowest BCUT2D eigenvalue weighted by Gasteiger charge is -2.07. The fourth-order valence-electron chi connectivity index (χ4n) is 0.375. The van der Waals surface area contributed by atoms with E-state index in [1.54, 1.807) is 0 Å². The molecule has 1 unspecified atom stereocenters. The van der Waals surface area contributed by atoms with Gasteiger partial charge in [0.15, 0.2) is 0 Å². The third kappa shape index (κ3) is 6.25. The van der Waals surface area contributed by atoms with E-state index in [0.29, 0.717) is 0 Å². The van der Waals surface area contributed by atoms with Crippen molar-refractivity contribution in [2.24, 2.45) is 0 Å². The molecule has 0 aliphatic rings. The van der Waals surface area contributed by atoms with Crippen LogP contribution in [0.4, 0.5) is 0 Å². The molecule has 0 saturated heterocycles. The highest BCUT2D eigenvalue weighted by Gasteiger charge is 1.96. The highest BCUT2D eigenvalue weighted by atomic mass is 35.5. The van der Waals surface area contributed by atoms with Crippen molar-refractivity contribution >= 4 is 11.6 Å². The zero-order valence-electron chi connectivity index (χ0n) is 4.94. The lowest BCUT2D eigenvalue weighted by molar-refractivity contribution is 0.0648. The van der Waals surface area contributed by atoms with Gasteiger partial charge >= 0.3 is 0 Å². The topological polar surface area (TPSA) is 9.23 Å². The predicted octanol–water partition coefficient (Wildman–Crippen LogP) is 2.00. The highest BCUT2D eigenvalue weighted by molar-refractivity contribution is 6.19. The standard InChI is InChI=1S/C5H11ClO/c1-4(2)7-5(3)6/h4-5H,1-3H3. The van der Waals surface area contributed by atoms with E-state index < -0.39 is 0 Å². The van der Waals surface area contributed by atoms with Crippen molar-refractivity contribution in [2.75, 3.05) is 0 Å². The van der Waals surface area contributed by atoms with Gasteiger partial charge in [-0.1, -0.05) is 11.6 Å². The number of ether oxygens (including phenoxy) is 1. The molecule has 7 heavy (non-hydrogen) atoms. The normalized spacial score (nSPS) is 15.0. The van der Waals surface area contributed by atoms with Gasteiger partial charge in [-0.05, 0) is 20.8 Å². The smallest absolute Gasteiger partial charge is 0.128 e. The van der Waals surface area contributed by atoms with Gasteiger partial charge < -0.3 is 4.74 Å². The van der Waals surface area contributed by atoms with E-state index in [1.807, 2.05) is 20.8 Å². The maximum absolute atomic E-state index is 5.45. The van der Waals surface area contributed by atoms with Gasteiger partial charge in [-0.15, -0.1) is 0 Å². The first kappa shape index (κ1) is 7.25. The Hall–Kier alpha value is 0.250. The zero-order valence-corrected chi connectivity index (χ0v) is 5.70. The minimum absolute atomic E-state index is 0.153. The summed E-state index contributed by atoms with van der Waals surface area (Å²) in [5, 5.41) is 0. The number of hydrogen-bond acceptors (Lipinski definition) is 1. The summed E-state index contributed by atoms with van der Waals surface area (Å²) >= 11 is 5.45. The molecule has 0 amide bonds. The van der Waals surface area contributed by atoms with Crippen LogP contribution in [0.15, 0.2) is 0 Å². The summed E-state index contributed by atoms with van der Waals surface area (Å²) in [4.78, 5) is 0. The third-order valence-electron chi connectivity index (χ3n) is 0.460. The Kier molecular flexibility index (Phi) is 3.39. The van der Waals surface area contributed by atoms with Gasteiger partial charge in [0.1, 0.15) is 5.56 Å². The van der Waals surface area contributed by atoms with Crippen molar-refractivity contribution in [3.05, 3.63) is 0 Å². The predicted molar refractivity (Wildman–Crippen MR) is 31.5 cm³/mol. The molecular formula is C5H11ClO. The van der Waals surface area contributed by atoms with Crippen LogP contribution >= 0.6 is 11.6 Å². The Morgan fingerprint density at radius 3 is 1.71 bits per heavy atom. The lowest BCUT2D eigenvalue weighted by atomic mass is 10.5. The van der Waals surface area contributed by atoms with Gasteiger partial charge in [-0.2, -0.15) is 0 Å². The first-order valence-corrected chi connectivity index (χ1v) is 2.86. The molecular weight excluding hydrogens is 112 g/mol. The van der Waals surface area contributed by atoms with Crippen molar-refractivity contribution in [1.29, 1.82) is 0 Å². The monoisotopic (exact) mass is 122 g/mol. The van der Waals surface area contributed by atoms with E-state index >= 15 is 0 Å². The van der Waals surface area contributed by atoms with E-state index in [1.165, 1.54) is 0 Å². The molecule has 0 bridgehead atoms. The fourth-order valence-corrected chi connectivity index (χ4v) is 0.581. The van der Waals surface area contributed by atoms with E-state index in [9.17, 15) is 0 Å². The summed E-state index contributed by atoms with van der Waals surface area (Å²) in [5.74, 6) is 0. The Balaban J connectivity index is 2.95. The second-order valence-electron chi connectivity index (χ2n) is 1.73. The number of halogens is 1. The zero-order chi connectivity index (χ0) is 5.86. The van der Waals surface area contributed by atoms with Gasteiger partial charge in [0.25, 0.3) is 0 Å². The Bertz CT molecular complexity index is 37.3. The molecule has 0 spiro atoms. The van der Waals surface area contributed by atoms with Gasteiger partial charge in [0, 0.05) is 0 Å². The Morgan fingerprint density at radius 2 is 1.71 bits per heavy atom. The van der Waals surface area contributed by atoms with E-state index in [0.717, 1.165) is 0 Å². The van der Waals surface area contributed by atoms with Crippen LogP contribution in [0.1, 0.15) is 20.8 Å². The van der Waals surface area contributed by atoms with Crippen LogP contribution in [0.25, 0.3) is 0 Å². The summed E-state index contributed by atoms with van der Waals surface area (Å²) in [6.45, 7) is 5.72. The largest absolute Gasteiger partial charge is 0.360 e. The van der Waals surface area contributed by atoms with Crippen LogP contribution in [-0.4, -0.2) is 11.7 Å². The lowest BCUT2D eigenvalue weighted by Crippen LogP contribution is -2.07. The van der Waals surface area contributed by atoms with Crippen LogP contribution in [0.5, 0.6) is 0 Å². The molecule has 0 rings (SSSR count). The highest BCUT2D eigenvalue weighted by Crippen LogP contribution is 1.99. The van der Waals surface area contributed by atoms with Crippen LogP contribution in [0.3, 0.4) is 0 Å². The summed E-state index contributed by atoms with van der Waals surface area (Å²) in [7, 11) is 0. The van der Waals surface area contributed by atoms with Crippen LogP contribution in [0, 0.1) is 0 Å². The summed E-state index contributed by atoms with van der Waals surface area (Å²) < 4.78 is 5.02. The van der Waals surface area contributed by atoms with Gasteiger partial charge in [0.05, 0.1) is 6.10 Å². The molecule has 0 N–H and O–H groups in total. The second kappa shape index (κ2) is 3.28. The molecule has 0 aromatic rings. The van der Waals surface area contributed by atoms with Crippen LogP contribution < -0.4 is 0 Å². The van der Waals surface area contributed by atoms with Gasteiger partial charge in [0.2, 0.25) is 0 Å². The maximum atomic E-state index is 5.45. The molecule has 0 aliphatic heterocycles. The SMILES string of the molecule is CC(C)OC(C)Cl. The molecule has 44 valence electrons. The van der Waals surface area contributed by atoms with E-state index in [2.05, 4.69) is 0 Å². The fraction of sp³-hybridized carbons (Fsp3) is 1.00. The Labute approximate surface area is 49.6 Å². The van der Waals surface area contributed by atoms with E-state index in [-0.39, 0.29) is 11.7 Å². The third-order valence-corrected chi connectivity index (χ3v) is 0.563. The number of rotatable bonds is 2. The molecule has 0 saturated carbocycles. The minimum Gasteiger partial charge on any atom is -0.360 e. The molecule has 2 heteroatoms. The molecule has 1 nitrogen and oxygen atoms in total. The van der Waals surface area contributed by atoms with Crippen molar-refractivity contribution in [1.82, 2.24) is 0 Å². The molecule has 1 atom stereocenters. The number of hydrogen-bond donors (Lipinski definition) is 0. The Morgan fingerprint density at radius 1 is 1.29 bits per heavy atom. The van der Waals surface area contributed by atoms with Crippen molar-refractivity contribution in [2.45, 2.75) is 32.4 Å². The maximum Gasteiger partial charge on any atom is 0.128 e. The average molecular weight is 123 g/mol. The summed E-state index contributed by atoms with van der Waals surface area (Å²) in [6, 6.07) is 0.